The second kappa shape index (κ2) is 3.11. The van der Waals surface area contributed by atoms with Crippen molar-refractivity contribution in [2.45, 2.75) is 38.8 Å². The van der Waals surface area contributed by atoms with Gasteiger partial charge in [-0.05, 0) is 34.2 Å². The molecule has 1 aliphatic heterocycles. The van der Waals surface area contributed by atoms with Crippen LogP contribution in [0.2, 0.25) is 0 Å². The van der Waals surface area contributed by atoms with Gasteiger partial charge in [0.2, 0.25) is 0 Å². The minimum atomic E-state index is 0.353. The highest BCUT2D eigenvalue weighted by atomic mass is 15.2. The zero-order chi connectivity index (χ0) is 8.48. The fourth-order valence-electron chi connectivity index (χ4n) is 1.61. The van der Waals surface area contributed by atoms with Crippen LogP contribution in [0.4, 0.5) is 0 Å². The summed E-state index contributed by atoms with van der Waals surface area (Å²) in [4.78, 5) is 2.54. The molecule has 1 aliphatic rings. The van der Waals surface area contributed by atoms with Gasteiger partial charge < -0.3 is 5.32 Å². The number of hydrogen-bond donors (Lipinski definition) is 1. The molecule has 0 aliphatic carbocycles. The number of likely N-dealkylation sites (tertiary alicyclic amines) is 1. The monoisotopic (exact) mass is 156 g/mol. The maximum atomic E-state index is 3.32. The van der Waals surface area contributed by atoms with Crippen molar-refractivity contribution in [1.82, 2.24) is 10.2 Å². The standard InChI is InChI=1S/C9H20N2/c1-9(2,3)11-6-5-8(7-11)10-4/h8,10H,5-7H2,1-4H3/t8-/m1/s1. The number of rotatable bonds is 1. The molecule has 1 saturated heterocycles. The first-order valence-electron chi connectivity index (χ1n) is 4.46. The summed E-state index contributed by atoms with van der Waals surface area (Å²) in [6, 6.07) is 0.717. The van der Waals surface area contributed by atoms with Gasteiger partial charge in [0.1, 0.15) is 0 Å². The Morgan fingerprint density at radius 3 is 2.27 bits per heavy atom. The molecule has 0 aromatic rings. The maximum Gasteiger partial charge on any atom is 0.0204 e. The Morgan fingerprint density at radius 2 is 2.00 bits per heavy atom. The zero-order valence-electron chi connectivity index (χ0n) is 8.15. The van der Waals surface area contributed by atoms with E-state index in [0.29, 0.717) is 11.6 Å². The van der Waals surface area contributed by atoms with Crippen molar-refractivity contribution in [2.75, 3.05) is 20.1 Å². The van der Waals surface area contributed by atoms with Crippen LogP contribution in [0.3, 0.4) is 0 Å². The minimum absolute atomic E-state index is 0.353. The van der Waals surface area contributed by atoms with E-state index in [1.807, 2.05) is 0 Å². The van der Waals surface area contributed by atoms with E-state index in [-0.39, 0.29) is 0 Å². The molecule has 2 heteroatoms. The smallest absolute Gasteiger partial charge is 0.0204 e. The van der Waals surface area contributed by atoms with E-state index in [1.54, 1.807) is 0 Å². The van der Waals surface area contributed by atoms with Gasteiger partial charge in [-0.1, -0.05) is 0 Å². The van der Waals surface area contributed by atoms with Crippen LogP contribution >= 0.6 is 0 Å². The summed E-state index contributed by atoms with van der Waals surface area (Å²) in [6.45, 7) is 9.30. The van der Waals surface area contributed by atoms with Gasteiger partial charge in [-0.2, -0.15) is 0 Å². The first-order chi connectivity index (χ1) is 5.04. The Labute approximate surface area is 70.0 Å². The Bertz CT molecular complexity index is 126. The maximum absolute atomic E-state index is 3.32. The molecule has 11 heavy (non-hydrogen) atoms. The van der Waals surface area contributed by atoms with Gasteiger partial charge in [-0.15, -0.1) is 0 Å². The van der Waals surface area contributed by atoms with E-state index in [1.165, 1.54) is 19.5 Å². The topological polar surface area (TPSA) is 15.3 Å². The van der Waals surface area contributed by atoms with Crippen molar-refractivity contribution in [3.8, 4) is 0 Å². The summed E-state index contributed by atoms with van der Waals surface area (Å²) in [6.07, 6.45) is 1.30. The van der Waals surface area contributed by atoms with Crippen LogP contribution < -0.4 is 5.32 Å². The van der Waals surface area contributed by atoms with Gasteiger partial charge in [-0.3, -0.25) is 4.90 Å². The van der Waals surface area contributed by atoms with Crippen molar-refractivity contribution in [1.29, 1.82) is 0 Å². The van der Waals surface area contributed by atoms with E-state index in [2.05, 4.69) is 38.0 Å². The molecule has 1 rings (SSSR count). The molecule has 0 bridgehead atoms. The lowest BCUT2D eigenvalue weighted by Gasteiger charge is -2.31. The van der Waals surface area contributed by atoms with E-state index in [4.69, 9.17) is 0 Å². The van der Waals surface area contributed by atoms with Gasteiger partial charge in [0.15, 0.2) is 0 Å². The van der Waals surface area contributed by atoms with Gasteiger partial charge in [0.25, 0.3) is 0 Å². The fraction of sp³-hybridized carbons (Fsp3) is 1.00. The van der Waals surface area contributed by atoms with Gasteiger partial charge >= 0.3 is 0 Å². The van der Waals surface area contributed by atoms with Crippen LogP contribution in [-0.4, -0.2) is 36.6 Å². The molecule has 1 fully saturated rings. The Morgan fingerprint density at radius 1 is 1.36 bits per heavy atom. The Balaban J connectivity index is 2.42. The molecule has 0 saturated carbocycles. The minimum Gasteiger partial charge on any atom is -0.316 e. The van der Waals surface area contributed by atoms with Crippen molar-refractivity contribution >= 4 is 0 Å². The molecular weight excluding hydrogens is 136 g/mol. The molecular formula is C9H20N2. The molecule has 0 radical (unpaired) electrons. The van der Waals surface area contributed by atoms with Crippen molar-refractivity contribution < 1.29 is 0 Å². The lowest BCUT2D eigenvalue weighted by molar-refractivity contribution is 0.171. The SMILES string of the molecule is CN[C@@H]1CCN(C(C)(C)C)C1. The summed E-state index contributed by atoms with van der Waals surface area (Å²) in [7, 11) is 2.05. The highest BCUT2D eigenvalue weighted by molar-refractivity contribution is 4.87. The summed E-state index contributed by atoms with van der Waals surface area (Å²) >= 11 is 0. The third-order valence-electron chi connectivity index (χ3n) is 2.55. The summed E-state index contributed by atoms with van der Waals surface area (Å²) < 4.78 is 0. The van der Waals surface area contributed by atoms with Crippen LogP contribution in [0, 0.1) is 0 Å². The van der Waals surface area contributed by atoms with Crippen LogP contribution in [0.1, 0.15) is 27.2 Å². The highest BCUT2D eigenvalue weighted by Gasteiger charge is 2.28. The quantitative estimate of drug-likeness (QED) is 0.611. The summed E-state index contributed by atoms with van der Waals surface area (Å²) in [5, 5.41) is 3.32. The summed E-state index contributed by atoms with van der Waals surface area (Å²) in [5.41, 5.74) is 0.353. The van der Waals surface area contributed by atoms with Crippen molar-refractivity contribution in [2.24, 2.45) is 0 Å². The van der Waals surface area contributed by atoms with Gasteiger partial charge in [0, 0.05) is 24.7 Å². The lowest BCUT2D eigenvalue weighted by Crippen LogP contribution is -2.41. The molecule has 1 N–H and O–H groups in total. The number of likely N-dealkylation sites (N-methyl/N-ethyl adjacent to an activating group) is 1. The average molecular weight is 156 g/mol. The largest absolute Gasteiger partial charge is 0.316 e. The first-order valence-corrected chi connectivity index (χ1v) is 4.46. The summed E-state index contributed by atoms with van der Waals surface area (Å²) in [5.74, 6) is 0. The molecule has 1 heterocycles. The molecule has 0 unspecified atom stereocenters. The van der Waals surface area contributed by atoms with Gasteiger partial charge in [0.05, 0.1) is 0 Å². The van der Waals surface area contributed by atoms with E-state index in [9.17, 15) is 0 Å². The predicted octanol–water partition coefficient (Wildman–Crippen LogP) is 1.08. The number of nitrogens with zero attached hydrogens (tertiary/aromatic N) is 1. The van der Waals surface area contributed by atoms with Crippen molar-refractivity contribution in [3.63, 3.8) is 0 Å². The molecule has 0 aromatic heterocycles. The zero-order valence-corrected chi connectivity index (χ0v) is 8.15. The van der Waals surface area contributed by atoms with E-state index < -0.39 is 0 Å². The predicted molar refractivity (Wildman–Crippen MR) is 48.8 cm³/mol. The number of nitrogens with one attached hydrogen (secondary N) is 1. The molecule has 1 atom stereocenters. The lowest BCUT2D eigenvalue weighted by atomic mass is 10.1. The highest BCUT2D eigenvalue weighted by Crippen LogP contribution is 2.19. The fourth-order valence-corrected chi connectivity index (χ4v) is 1.61. The first kappa shape index (κ1) is 9.01. The normalized spacial score (nSPS) is 27.8. The Kier molecular flexibility index (Phi) is 2.55. The average Bonchev–Trinajstić information content (AvgIpc) is 2.32. The van der Waals surface area contributed by atoms with Crippen molar-refractivity contribution in [3.05, 3.63) is 0 Å². The second-order valence-corrected chi connectivity index (χ2v) is 4.39. The number of hydrogen-bond acceptors (Lipinski definition) is 2. The third kappa shape index (κ3) is 2.17. The Hall–Kier alpha value is -0.0800. The molecule has 0 aromatic carbocycles. The molecule has 0 spiro atoms. The molecule has 0 amide bonds. The van der Waals surface area contributed by atoms with Crippen LogP contribution in [0.15, 0.2) is 0 Å². The third-order valence-corrected chi connectivity index (χ3v) is 2.55. The van der Waals surface area contributed by atoms with Crippen LogP contribution in [-0.2, 0) is 0 Å². The van der Waals surface area contributed by atoms with Crippen LogP contribution in [0.25, 0.3) is 0 Å². The molecule has 66 valence electrons. The van der Waals surface area contributed by atoms with Crippen LogP contribution in [0.5, 0.6) is 0 Å². The van der Waals surface area contributed by atoms with E-state index >= 15 is 0 Å². The molecule has 2 nitrogen and oxygen atoms in total. The second-order valence-electron chi connectivity index (χ2n) is 4.39. The van der Waals surface area contributed by atoms with Gasteiger partial charge in [-0.25, -0.2) is 0 Å². The van der Waals surface area contributed by atoms with E-state index in [0.717, 1.165) is 0 Å².